The topological polar surface area (TPSA) is 248 Å². The molecule has 0 unspecified atom stereocenters. The van der Waals surface area contributed by atoms with Gasteiger partial charge in [0.2, 0.25) is 21.8 Å². The van der Waals surface area contributed by atoms with Crippen molar-refractivity contribution in [3.8, 4) is 46.0 Å². The van der Waals surface area contributed by atoms with Crippen molar-refractivity contribution in [3.63, 3.8) is 0 Å². The maximum atomic E-state index is 12.8. The smallest absolute Gasteiger partial charge is 0.333 e. The molecule has 332 valence electrons. The molecule has 4 aliphatic rings. The number of nitrogens with one attached hydrogen (secondary N) is 2. The number of hydrogen-bond acceptors (Lipinski definition) is 13. The Kier molecular flexibility index (Phi) is 12.7. The van der Waals surface area contributed by atoms with E-state index in [-0.39, 0.29) is 15.8 Å². The van der Waals surface area contributed by atoms with E-state index in [2.05, 4.69) is 42.3 Å². The van der Waals surface area contributed by atoms with Crippen LogP contribution in [0, 0.1) is 11.5 Å². The third-order valence-corrected chi connectivity index (χ3v) is 13.4. The first-order valence-electron chi connectivity index (χ1n) is 20.7. The van der Waals surface area contributed by atoms with E-state index in [0.717, 1.165) is 103 Å². The quantitative estimate of drug-likeness (QED) is 0.122. The molecule has 20 heteroatoms. The second kappa shape index (κ2) is 18.5. The number of nitrogens with zero attached hydrogens (tertiary/aromatic N) is 7. The van der Waals surface area contributed by atoms with Crippen molar-refractivity contribution in [2.75, 3.05) is 19.5 Å². The number of carbonyl (C=O) groups excluding carboxylic acids is 1. The molecule has 0 spiro atoms. The van der Waals surface area contributed by atoms with Crippen molar-refractivity contribution in [1.29, 1.82) is 5.26 Å². The molecular formula is C44H46N10O8S2. The molecule has 2 aromatic carbocycles. The number of amides is 2. The maximum Gasteiger partial charge on any atom is 0.333 e. The van der Waals surface area contributed by atoms with Crippen LogP contribution < -0.4 is 29.4 Å². The Balaban J connectivity index is 0.000000148. The molecule has 2 saturated carbocycles. The van der Waals surface area contributed by atoms with Gasteiger partial charge in [-0.25, -0.2) is 41.5 Å². The van der Waals surface area contributed by atoms with Gasteiger partial charge in [-0.15, -0.1) is 5.26 Å². The van der Waals surface area contributed by atoms with Gasteiger partial charge >= 0.3 is 6.03 Å². The summed E-state index contributed by atoms with van der Waals surface area (Å²) in [5, 5.41) is 24.6. The number of methoxy groups -OCH3 is 2. The average Bonchev–Trinajstić information content (AvgIpc) is 4.00. The highest BCUT2D eigenvalue weighted by Crippen LogP contribution is 2.41. The Bertz CT molecular complexity index is 2970. The summed E-state index contributed by atoms with van der Waals surface area (Å²) in [5.41, 5.74) is 8.65. The number of anilines is 1. The van der Waals surface area contributed by atoms with E-state index in [0.29, 0.717) is 29.2 Å². The van der Waals surface area contributed by atoms with Crippen LogP contribution in [0.25, 0.3) is 22.3 Å². The first kappa shape index (κ1) is 43.8. The van der Waals surface area contributed by atoms with E-state index in [1.165, 1.54) is 37.5 Å². The summed E-state index contributed by atoms with van der Waals surface area (Å²) in [5.74, 6) is 1.68. The molecule has 4 aliphatic carbocycles. The Morgan fingerprint density at radius 2 is 1.28 bits per heavy atom. The lowest BCUT2D eigenvalue weighted by Gasteiger charge is -2.17. The Morgan fingerprint density at radius 3 is 1.83 bits per heavy atom. The second-order valence-electron chi connectivity index (χ2n) is 15.7. The van der Waals surface area contributed by atoms with E-state index >= 15 is 0 Å². The summed E-state index contributed by atoms with van der Waals surface area (Å²) < 4.78 is 68.1. The molecule has 4 aromatic heterocycles. The summed E-state index contributed by atoms with van der Waals surface area (Å²) in [7, 11) is -4.49. The van der Waals surface area contributed by atoms with Gasteiger partial charge in [-0.1, -0.05) is 24.3 Å². The van der Waals surface area contributed by atoms with Gasteiger partial charge in [-0.05, 0) is 110 Å². The molecule has 64 heavy (non-hydrogen) atoms. The summed E-state index contributed by atoms with van der Waals surface area (Å²) in [6, 6.07) is 15.3. The Morgan fingerprint density at radius 1 is 0.750 bits per heavy atom. The zero-order chi connectivity index (χ0) is 45.0. The van der Waals surface area contributed by atoms with Gasteiger partial charge in [0, 0.05) is 48.0 Å². The molecule has 10 rings (SSSR count). The van der Waals surface area contributed by atoms with Crippen LogP contribution in [-0.2, 0) is 45.7 Å². The van der Waals surface area contributed by atoms with Crippen LogP contribution in [0.15, 0.2) is 95.5 Å². The molecule has 0 aliphatic heterocycles. The summed E-state index contributed by atoms with van der Waals surface area (Å²) in [4.78, 5) is 21.1. The SMILES string of the molecule is COc1cc(-c2ccc3c(c2NC(=O)NS(=O)(=O)c2cnn(C4CC4)c2)CCC3)ccn1.COc1cc(-c2ccc3c(c2OC#N)CCC3)ccn1.NS(=O)(=O)c1cnn(C2CC2)c1. The van der Waals surface area contributed by atoms with Crippen molar-refractivity contribution < 1.29 is 35.8 Å². The molecule has 6 aromatic rings. The molecule has 0 bridgehead atoms. The number of urea groups is 1. The number of aryl methyl sites for hydroxylation is 2. The molecule has 2 fully saturated rings. The number of benzene rings is 2. The van der Waals surface area contributed by atoms with Crippen LogP contribution >= 0.6 is 0 Å². The Labute approximate surface area is 370 Å². The van der Waals surface area contributed by atoms with Gasteiger partial charge in [-0.2, -0.15) is 10.2 Å². The number of nitrogens with two attached hydrogens (primary N) is 1. The van der Waals surface area contributed by atoms with Gasteiger partial charge in [-0.3, -0.25) is 9.36 Å². The highest BCUT2D eigenvalue weighted by atomic mass is 32.2. The summed E-state index contributed by atoms with van der Waals surface area (Å²) in [6.07, 6.45) is 20.6. The lowest BCUT2D eigenvalue weighted by atomic mass is 9.98. The lowest BCUT2D eigenvalue weighted by molar-refractivity contribution is 0.256. The number of aromatic nitrogens is 6. The van der Waals surface area contributed by atoms with E-state index in [9.17, 15) is 21.6 Å². The fourth-order valence-corrected chi connectivity index (χ4v) is 9.07. The molecule has 4 heterocycles. The number of fused-ring (bicyclic) bond motifs is 2. The molecular weight excluding hydrogens is 861 g/mol. The summed E-state index contributed by atoms with van der Waals surface area (Å²) in [6.45, 7) is 0. The van der Waals surface area contributed by atoms with Crippen LogP contribution in [-0.4, -0.2) is 66.6 Å². The third-order valence-electron chi connectivity index (χ3n) is 11.3. The highest BCUT2D eigenvalue weighted by molar-refractivity contribution is 7.90. The van der Waals surface area contributed by atoms with Gasteiger partial charge < -0.3 is 19.5 Å². The molecule has 0 radical (unpaired) electrons. The van der Waals surface area contributed by atoms with E-state index in [1.807, 2.05) is 30.3 Å². The van der Waals surface area contributed by atoms with Crippen LogP contribution in [0.5, 0.6) is 17.5 Å². The predicted octanol–water partition coefficient (Wildman–Crippen LogP) is 6.26. The van der Waals surface area contributed by atoms with Crippen molar-refractivity contribution in [2.24, 2.45) is 5.14 Å². The van der Waals surface area contributed by atoms with Crippen molar-refractivity contribution in [3.05, 3.63) is 108 Å². The number of ether oxygens (including phenoxy) is 3. The van der Waals surface area contributed by atoms with Gasteiger partial charge in [0.05, 0.1) is 44.4 Å². The normalized spacial score (nSPS) is 15.0. The van der Waals surface area contributed by atoms with Crippen molar-refractivity contribution >= 4 is 31.8 Å². The fourth-order valence-electron chi connectivity index (χ4n) is 7.77. The number of rotatable bonds is 11. The first-order chi connectivity index (χ1) is 30.8. The fraction of sp³-hybridized carbons (Fsp3) is 0.318. The number of nitriles is 1. The van der Waals surface area contributed by atoms with Gasteiger partial charge in [0.1, 0.15) is 9.79 Å². The third kappa shape index (κ3) is 10.0. The zero-order valence-electron chi connectivity index (χ0n) is 35.1. The highest BCUT2D eigenvalue weighted by Gasteiger charge is 2.29. The molecule has 18 nitrogen and oxygen atoms in total. The standard InChI is InChI=1S/C22H23N5O4S.C16H14N2O2.C6H9N3O2S/c1-31-20-11-15(9-10-23-20)19-8-5-14-3-2-4-18(14)21(19)25-22(28)26-32(29,30)17-12-24-27(13-17)16-6-7-16;1-19-15-9-12(7-8-18-15)14-6-5-11-3-2-4-13(11)16(14)20-10-17;7-12(10,11)6-3-8-9(4-6)5-1-2-5/h5,8-13,16H,2-4,6-7H2,1H3,(H2,25,26,28);5-9H,2-4H2,1H3;3-5H,1-2H2,(H2,7,10,11). The number of primary sulfonamides is 1. The minimum absolute atomic E-state index is 0.0306. The summed E-state index contributed by atoms with van der Waals surface area (Å²) >= 11 is 0. The number of sulfonamides is 2. The van der Waals surface area contributed by atoms with Crippen LogP contribution in [0.3, 0.4) is 0 Å². The monoisotopic (exact) mass is 906 g/mol. The minimum Gasteiger partial charge on any atom is -0.481 e. The molecule has 4 N–H and O–H groups in total. The van der Waals surface area contributed by atoms with E-state index in [4.69, 9.17) is 24.6 Å². The van der Waals surface area contributed by atoms with Crippen LogP contribution in [0.4, 0.5) is 10.5 Å². The van der Waals surface area contributed by atoms with Gasteiger partial charge in [0.15, 0.2) is 5.75 Å². The molecule has 0 atom stereocenters. The largest absolute Gasteiger partial charge is 0.481 e. The van der Waals surface area contributed by atoms with E-state index < -0.39 is 26.1 Å². The molecule has 0 saturated heterocycles. The number of carbonyl (C=O) groups is 1. The Hall–Kier alpha value is -6.82. The number of hydrogen-bond donors (Lipinski definition) is 3. The van der Waals surface area contributed by atoms with Crippen LogP contribution in [0.1, 0.15) is 72.9 Å². The van der Waals surface area contributed by atoms with Crippen LogP contribution in [0.2, 0.25) is 0 Å². The first-order valence-corrected chi connectivity index (χ1v) is 23.7. The lowest BCUT2D eigenvalue weighted by Crippen LogP contribution is -2.34. The molecule has 2 amide bonds. The second-order valence-corrected chi connectivity index (χ2v) is 18.9. The maximum absolute atomic E-state index is 12.8. The van der Waals surface area contributed by atoms with Gasteiger partial charge in [0.25, 0.3) is 16.3 Å². The predicted molar refractivity (Wildman–Crippen MR) is 234 cm³/mol. The number of pyridine rings is 2. The zero-order valence-corrected chi connectivity index (χ0v) is 36.7. The van der Waals surface area contributed by atoms with Crippen molar-refractivity contribution in [1.82, 2.24) is 34.3 Å². The van der Waals surface area contributed by atoms with E-state index in [1.54, 1.807) is 41.2 Å². The minimum atomic E-state index is -4.04. The van der Waals surface area contributed by atoms with Crippen molar-refractivity contribution in [2.45, 2.75) is 86.1 Å². The average molecular weight is 907 g/mol.